The van der Waals surface area contributed by atoms with E-state index < -0.39 is 113 Å². The maximum Gasteiger partial charge on any atom is 0.338 e. The first-order valence-corrected chi connectivity index (χ1v) is 19.2. The third-order valence-electron chi connectivity index (χ3n) is 12.2. The van der Waals surface area contributed by atoms with E-state index in [1.54, 1.807) is 49.6 Å². The van der Waals surface area contributed by atoms with Crippen LogP contribution in [0.5, 0.6) is 0 Å². The number of hydrogen-bond acceptors (Lipinski definition) is 15. The highest BCUT2D eigenvalue weighted by Crippen LogP contribution is 2.64. The molecule has 15 nitrogen and oxygen atoms in total. The molecule has 2 bridgehead atoms. The maximum absolute atomic E-state index is 15.3. The Morgan fingerprint density at radius 3 is 2.20 bits per heavy atom. The zero-order valence-corrected chi connectivity index (χ0v) is 32.9. The molecule has 1 amide bonds. The van der Waals surface area contributed by atoms with Crippen LogP contribution in [-0.2, 0) is 47.7 Å². The van der Waals surface area contributed by atoms with Crippen molar-refractivity contribution >= 4 is 46.9 Å². The van der Waals surface area contributed by atoms with E-state index in [0.29, 0.717) is 4.88 Å². The highest BCUT2D eigenvalue weighted by atomic mass is 32.1. The number of benzene rings is 1. The van der Waals surface area contributed by atoms with Crippen molar-refractivity contribution in [3.8, 4) is 0 Å². The molecule has 3 fully saturated rings. The zero-order chi connectivity index (χ0) is 41.1. The fraction of sp³-hybridized carbons (Fsp3) is 0.550. The summed E-state index contributed by atoms with van der Waals surface area (Å²) in [4.78, 5) is 81.7. The Kier molecular flexibility index (Phi) is 10.9. The number of rotatable bonds is 9. The van der Waals surface area contributed by atoms with Crippen LogP contribution in [0.25, 0.3) is 0 Å². The van der Waals surface area contributed by atoms with Gasteiger partial charge in [-0.3, -0.25) is 19.2 Å². The van der Waals surface area contributed by atoms with E-state index in [0.717, 1.165) is 13.8 Å². The lowest BCUT2D eigenvalue weighted by atomic mass is 9.44. The van der Waals surface area contributed by atoms with Crippen LogP contribution in [0.4, 0.5) is 0 Å². The van der Waals surface area contributed by atoms with Gasteiger partial charge in [0.2, 0.25) is 5.91 Å². The lowest BCUT2D eigenvalue weighted by Crippen LogP contribution is -2.82. The fourth-order valence-electron chi connectivity index (χ4n) is 9.36. The molecule has 16 heteroatoms. The largest absolute Gasteiger partial charge is 0.456 e. The van der Waals surface area contributed by atoms with Crippen LogP contribution in [0.3, 0.4) is 0 Å². The van der Waals surface area contributed by atoms with Crippen LogP contribution in [-0.4, -0.2) is 105 Å². The Hall–Kier alpha value is -4.48. The number of hydrogen-bond donors (Lipinski definition) is 4. The van der Waals surface area contributed by atoms with Gasteiger partial charge in [-0.25, -0.2) is 9.59 Å². The molecule has 6 rings (SSSR count). The molecule has 0 radical (unpaired) electrons. The number of aliphatic hydroxyl groups is 3. The normalized spacial score (nSPS) is 34.1. The number of nitrogens with one attached hydrogen (secondary N) is 1. The quantitative estimate of drug-likeness (QED) is 0.163. The molecular weight excluding hydrogens is 750 g/mol. The molecule has 0 unspecified atom stereocenters. The average Bonchev–Trinajstić information content (AvgIpc) is 3.66. The third kappa shape index (κ3) is 6.54. The second-order valence-electron chi connectivity index (χ2n) is 15.8. The minimum absolute atomic E-state index is 0.0107. The van der Waals surface area contributed by atoms with Crippen LogP contribution >= 0.6 is 11.3 Å². The predicted molar refractivity (Wildman–Crippen MR) is 195 cm³/mol. The minimum Gasteiger partial charge on any atom is -0.456 e. The maximum atomic E-state index is 15.3. The van der Waals surface area contributed by atoms with Gasteiger partial charge >= 0.3 is 23.9 Å². The second kappa shape index (κ2) is 14.8. The molecule has 2 saturated carbocycles. The van der Waals surface area contributed by atoms with Gasteiger partial charge in [0.1, 0.15) is 30.0 Å². The van der Waals surface area contributed by atoms with Crippen molar-refractivity contribution in [2.75, 3.05) is 6.61 Å². The summed E-state index contributed by atoms with van der Waals surface area (Å²) >= 11 is 1.18. The van der Waals surface area contributed by atoms with Gasteiger partial charge in [-0.15, -0.1) is 11.3 Å². The first-order valence-electron chi connectivity index (χ1n) is 18.3. The van der Waals surface area contributed by atoms with Crippen molar-refractivity contribution in [1.82, 2.24) is 5.32 Å². The number of carbonyl (C=O) groups is 6. The molecule has 2 aromatic rings. The van der Waals surface area contributed by atoms with Crippen LogP contribution in [0.1, 0.15) is 82.6 Å². The summed E-state index contributed by atoms with van der Waals surface area (Å²) in [7, 11) is 0. The van der Waals surface area contributed by atoms with E-state index >= 15 is 4.79 Å². The predicted octanol–water partition coefficient (Wildman–Crippen LogP) is 2.50. The van der Waals surface area contributed by atoms with Crippen molar-refractivity contribution in [2.45, 2.75) is 115 Å². The monoisotopic (exact) mass is 797 g/mol. The number of Topliss-reactive ketones (excluding diaryl/α,β-unsaturated/α-hetero) is 1. The molecule has 302 valence electrons. The summed E-state index contributed by atoms with van der Waals surface area (Å²) < 4.78 is 30.0. The molecule has 56 heavy (non-hydrogen) atoms. The zero-order valence-electron chi connectivity index (χ0n) is 32.1. The second-order valence-corrected chi connectivity index (χ2v) is 16.8. The first-order chi connectivity index (χ1) is 26.2. The van der Waals surface area contributed by atoms with E-state index in [2.05, 4.69) is 5.32 Å². The summed E-state index contributed by atoms with van der Waals surface area (Å²) in [5.41, 5.74) is -7.50. The van der Waals surface area contributed by atoms with E-state index in [-0.39, 0.29) is 29.7 Å². The lowest BCUT2D eigenvalue weighted by molar-refractivity contribution is -0.346. The van der Waals surface area contributed by atoms with E-state index in [4.69, 9.17) is 23.7 Å². The Labute approximate surface area is 327 Å². The van der Waals surface area contributed by atoms with Crippen LogP contribution in [0, 0.1) is 16.7 Å². The molecule has 4 N–H and O–H groups in total. The standard InChI is InChI=1S/C40H47NO14S/c1-19-24(53-36(49)30(46)29(41-20(2)42)25-14-11-15-56-25)17-40(50)34(54-35(48)23-12-9-8-10-13-23)32-38(7,26(45)16-27-39(32,18-51-27)55-22(4)44)33(47)31(52-21(3)43)28(19)37(40,5)6/h8-15,24,26-27,29-32,34,45-46,50H,16-18H2,1-7H3,(H,41,42)/t24-,26-,27+,29-,30+,31+,32-,34-,38+,39-,40+/m0/s1. The number of carbonyl (C=O) groups excluding carboxylic acids is 6. The van der Waals surface area contributed by atoms with Gasteiger partial charge < -0.3 is 44.3 Å². The van der Waals surface area contributed by atoms with E-state index in [1.807, 2.05) is 0 Å². The Morgan fingerprint density at radius 2 is 1.64 bits per heavy atom. The molecular formula is C40H47NO14S. The number of amides is 1. The number of ketones is 1. The van der Waals surface area contributed by atoms with Gasteiger partial charge in [0.25, 0.3) is 0 Å². The molecule has 11 atom stereocenters. The number of fused-ring (bicyclic) bond motifs is 5. The fourth-order valence-corrected chi connectivity index (χ4v) is 10.2. The van der Waals surface area contributed by atoms with Gasteiger partial charge in [-0.2, -0.15) is 0 Å². The van der Waals surface area contributed by atoms with Crippen molar-refractivity contribution in [3.05, 3.63) is 69.4 Å². The van der Waals surface area contributed by atoms with Crippen molar-refractivity contribution in [1.29, 1.82) is 0 Å². The number of thiophene rings is 1. The van der Waals surface area contributed by atoms with Gasteiger partial charge in [0.15, 0.2) is 23.6 Å². The lowest BCUT2D eigenvalue weighted by Gasteiger charge is -2.67. The molecule has 2 heterocycles. The highest BCUT2D eigenvalue weighted by molar-refractivity contribution is 7.10. The summed E-state index contributed by atoms with van der Waals surface area (Å²) in [6.07, 6.45) is -10.3. The molecule has 1 aromatic heterocycles. The van der Waals surface area contributed by atoms with Crippen molar-refractivity contribution in [3.63, 3.8) is 0 Å². The van der Waals surface area contributed by atoms with Gasteiger partial charge in [0.05, 0.1) is 29.6 Å². The Morgan fingerprint density at radius 1 is 0.964 bits per heavy atom. The van der Waals surface area contributed by atoms with E-state index in [9.17, 15) is 39.3 Å². The minimum atomic E-state index is -2.36. The third-order valence-corrected chi connectivity index (χ3v) is 13.2. The smallest absolute Gasteiger partial charge is 0.338 e. The molecule has 1 aromatic carbocycles. The van der Waals surface area contributed by atoms with Crippen LogP contribution < -0.4 is 5.32 Å². The van der Waals surface area contributed by atoms with Crippen molar-refractivity contribution < 1.29 is 67.8 Å². The average molecular weight is 798 g/mol. The molecule has 1 aliphatic heterocycles. The highest BCUT2D eigenvalue weighted by Gasteiger charge is 2.78. The number of ether oxygens (including phenoxy) is 5. The molecule has 3 aliphatic carbocycles. The van der Waals surface area contributed by atoms with Gasteiger partial charge in [0, 0.05) is 43.9 Å². The van der Waals surface area contributed by atoms with Gasteiger partial charge in [-0.1, -0.05) is 38.1 Å². The van der Waals surface area contributed by atoms with Crippen LogP contribution in [0.15, 0.2) is 59.0 Å². The number of aliphatic hydroxyl groups excluding tert-OH is 2. The molecule has 4 aliphatic rings. The summed E-state index contributed by atoms with van der Waals surface area (Å²) in [5, 5.41) is 41.1. The summed E-state index contributed by atoms with van der Waals surface area (Å²) in [5.74, 6) is -6.70. The number of esters is 4. The van der Waals surface area contributed by atoms with Crippen molar-refractivity contribution in [2.24, 2.45) is 16.7 Å². The van der Waals surface area contributed by atoms with Crippen LogP contribution in [0.2, 0.25) is 0 Å². The Bertz CT molecular complexity index is 1950. The molecule has 0 spiro atoms. The first kappa shape index (κ1) is 41.2. The summed E-state index contributed by atoms with van der Waals surface area (Å²) in [6, 6.07) is 9.92. The topological polar surface area (TPSA) is 221 Å². The van der Waals surface area contributed by atoms with Gasteiger partial charge in [-0.05, 0) is 48.6 Å². The molecule has 1 saturated heterocycles. The Balaban J connectivity index is 1.58. The van der Waals surface area contributed by atoms with E-state index in [1.165, 1.54) is 44.2 Å². The summed E-state index contributed by atoms with van der Waals surface area (Å²) in [6.45, 7) is 9.20. The SMILES string of the molecule is CC(=O)N[C@@H](c1cccs1)[C@@H](O)C(=O)O[C@H]1C[C@@]2(O)[C@@H](OC(=O)c3ccccc3)[C@@H]3[C@]4(OC(C)=O)CO[C@@H]4C[C@H](O)[C@@]3(C)C(=O)[C@H](OC(C)=O)C(=C1C)C2(C)C.